The maximum atomic E-state index is 12.5. The van der Waals surface area contributed by atoms with Crippen molar-refractivity contribution in [2.24, 2.45) is 17.6 Å². The van der Waals surface area contributed by atoms with Crippen LogP contribution in [0.3, 0.4) is 0 Å². The number of fused-ring (bicyclic) bond motifs is 1. The Morgan fingerprint density at radius 3 is 2.72 bits per heavy atom. The van der Waals surface area contributed by atoms with E-state index in [2.05, 4.69) is 29.4 Å². The number of phenols is 1. The van der Waals surface area contributed by atoms with Gasteiger partial charge in [-0.3, -0.25) is 14.4 Å². The molecule has 8 nitrogen and oxygen atoms in total. The molecule has 8 heteroatoms. The molecule has 1 aromatic carbocycles. The molecule has 3 unspecified atom stereocenters. The molecule has 0 spiro atoms. The van der Waals surface area contributed by atoms with Gasteiger partial charge in [-0.05, 0) is 106 Å². The van der Waals surface area contributed by atoms with Crippen molar-refractivity contribution in [2.75, 3.05) is 19.6 Å². The lowest BCUT2D eigenvalue weighted by molar-refractivity contribution is -0.122. The normalized spacial score (nSPS) is 26.8. The van der Waals surface area contributed by atoms with E-state index < -0.39 is 5.91 Å². The Hall–Kier alpha value is -3.13. The highest BCUT2D eigenvalue weighted by Crippen LogP contribution is 2.54. The molecule has 1 aromatic rings. The molecule has 36 heavy (non-hydrogen) atoms. The van der Waals surface area contributed by atoms with Crippen molar-refractivity contribution in [3.8, 4) is 5.75 Å². The predicted octanol–water partition coefficient (Wildman–Crippen LogP) is 2.40. The Morgan fingerprint density at radius 2 is 2.06 bits per heavy atom. The Labute approximate surface area is 213 Å². The molecule has 0 radical (unpaired) electrons. The van der Waals surface area contributed by atoms with Crippen LogP contribution in [0.2, 0.25) is 0 Å². The topological polar surface area (TPSA) is 125 Å². The molecule has 5 N–H and O–H groups in total. The minimum Gasteiger partial charge on any atom is -0.508 e. The fourth-order valence-electron chi connectivity index (χ4n) is 6.28. The summed E-state index contributed by atoms with van der Waals surface area (Å²) in [5.41, 5.74) is 9.37. The molecule has 2 aliphatic carbocycles. The first kappa shape index (κ1) is 25.9. The third kappa shape index (κ3) is 5.33. The number of phenolic OH excluding ortho intramolecular Hbond substituents is 1. The Kier molecular flexibility index (Phi) is 7.54. The number of benzene rings is 1. The van der Waals surface area contributed by atoms with Crippen molar-refractivity contribution < 1.29 is 19.5 Å². The molecule has 0 aromatic heterocycles. The van der Waals surface area contributed by atoms with Crippen LogP contribution in [0.5, 0.6) is 5.75 Å². The molecular weight excluding hydrogens is 456 g/mol. The first-order valence-corrected chi connectivity index (χ1v) is 12.9. The first-order chi connectivity index (χ1) is 17.1. The Bertz CT molecular complexity index is 1110. The molecule has 194 valence electrons. The number of aryl methyl sites for hydroxylation is 1. The predicted molar refractivity (Wildman–Crippen MR) is 138 cm³/mol. The van der Waals surface area contributed by atoms with E-state index in [9.17, 15) is 19.5 Å². The highest BCUT2D eigenvalue weighted by atomic mass is 16.3. The number of allylic oxidation sites excluding steroid dienone is 3. The first-order valence-electron chi connectivity index (χ1n) is 12.9. The van der Waals surface area contributed by atoms with E-state index in [1.165, 1.54) is 12.8 Å². The van der Waals surface area contributed by atoms with E-state index >= 15 is 0 Å². The smallest absolute Gasteiger partial charge is 0.247 e. The number of hydrogen-bond donors (Lipinski definition) is 4. The number of carbonyl (C=O) groups excluding carboxylic acids is 3. The van der Waals surface area contributed by atoms with Crippen molar-refractivity contribution in [3.05, 3.63) is 52.2 Å². The van der Waals surface area contributed by atoms with Crippen molar-refractivity contribution in [3.63, 3.8) is 0 Å². The molecule has 1 heterocycles. The van der Waals surface area contributed by atoms with Crippen LogP contribution >= 0.6 is 0 Å². The molecule has 4 rings (SSSR count). The molecule has 2 fully saturated rings. The van der Waals surface area contributed by atoms with Crippen LogP contribution in [0.15, 0.2) is 41.1 Å². The summed E-state index contributed by atoms with van der Waals surface area (Å²) >= 11 is 0. The Balaban J connectivity index is 1.75. The molecule has 0 bridgehead atoms. The largest absolute Gasteiger partial charge is 0.508 e. The third-order valence-electron chi connectivity index (χ3n) is 8.39. The zero-order valence-electron chi connectivity index (χ0n) is 21.5. The zero-order valence-corrected chi connectivity index (χ0v) is 21.5. The zero-order chi connectivity index (χ0) is 26.0. The fraction of sp³-hybridized carbons (Fsp3) is 0.536. The summed E-state index contributed by atoms with van der Waals surface area (Å²) in [6.45, 7) is 7.93. The van der Waals surface area contributed by atoms with E-state index in [4.69, 9.17) is 5.73 Å². The second-order valence-electron chi connectivity index (χ2n) is 10.8. The van der Waals surface area contributed by atoms with E-state index in [-0.39, 0.29) is 29.5 Å². The van der Waals surface area contributed by atoms with Crippen LogP contribution in [0.1, 0.15) is 57.1 Å². The van der Waals surface area contributed by atoms with E-state index in [1.54, 1.807) is 13.0 Å². The van der Waals surface area contributed by atoms with Crippen molar-refractivity contribution >= 4 is 18.2 Å². The number of piperidine rings is 1. The van der Waals surface area contributed by atoms with Gasteiger partial charge in [0.1, 0.15) is 5.75 Å². The van der Waals surface area contributed by atoms with Gasteiger partial charge < -0.3 is 26.4 Å². The van der Waals surface area contributed by atoms with Gasteiger partial charge in [0, 0.05) is 29.3 Å². The lowest BCUT2D eigenvalue weighted by atomic mass is 9.56. The number of nitrogens with two attached hydrogens (primary N) is 1. The number of aromatic hydroxyl groups is 1. The monoisotopic (exact) mass is 494 g/mol. The number of amides is 3. The number of rotatable bonds is 9. The average Bonchev–Trinajstić information content (AvgIpc) is 3.66. The van der Waals surface area contributed by atoms with Crippen molar-refractivity contribution in [2.45, 2.75) is 64.3 Å². The molecule has 1 aliphatic heterocycles. The number of likely N-dealkylation sites (tertiary alicyclic amines) is 1. The fourth-order valence-corrected chi connectivity index (χ4v) is 6.28. The molecule has 3 atom stereocenters. The van der Waals surface area contributed by atoms with Gasteiger partial charge in [-0.1, -0.05) is 6.07 Å². The van der Waals surface area contributed by atoms with Crippen LogP contribution in [0, 0.1) is 18.8 Å². The van der Waals surface area contributed by atoms with Gasteiger partial charge in [0.2, 0.25) is 18.2 Å². The van der Waals surface area contributed by atoms with Crippen LogP contribution in [-0.4, -0.2) is 53.9 Å². The van der Waals surface area contributed by atoms with Crippen LogP contribution < -0.4 is 16.4 Å². The standard InChI is InChI=1S/C28H38N4O4/c1-17-4-7-22(34)12-23(17)28-8-9-32(15-20-5-6-20)19(3)24(28)11-21(25(13-28)31-16-33)10-18(2)27(36)30-14-26(29)35/h4,7,10,12,16,19-20,24,34H,5-6,8-9,11,13-15H2,1-3H3,(H2,29,35)(H,30,36)(H,31,33)/b18-10+. The van der Waals surface area contributed by atoms with Crippen LogP contribution in [0.4, 0.5) is 0 Å². The van der Waals surface area contributed by atoms with Gasteiger partial charge >= 0.3 is 0 Å². The molecule has 1 saturated heterocycles. The van der Waals surface area contributed by atoms with Gasteiger partial charge in [0.25, 0.3) is 0 Å². The van der Waals surface area contributed by atoms with Crippen LogP contribution in [-0.2, 0) is 19.8 Å². The molecule has 1 saturated carbocycles. The summed E-state index contributed by atoms with van der Waals surface area (Å²) in [5.74, 6) is 0.298. The SMILES string of the molecule is C/C(=C\C1=C(NC=O)CC2(c3cc(O)ccc3C)CCN(CC3CC3)C(C)C2C1)C(=O)NCC(N)=O. The summed E-state index contributed by atoms with van der Waals surface area (Å²) in [6.07, 6.45) is 7.35. The van der Waals surface area contributed by atoms with Crippen molar-refractivity contribution in [1.29, 1.82) is 0 Å². The maximum absolute atomic E-state index is 12.5. The maximum Gasteiger partial charge on any atom is 0.247 e. The molecular formula is C28H38N4O4. The molecule has 3 amide bonds. The van der Waals surface area contributed by atoms with Gasteiger partial charge in [-0.15, -0.1) is 0 Å². The van der Waals surface area contributed by atoms with Crippen molar-refractivity contribution in [1.82, 2.24) is 15.5 Å². The minimum absolute atomic E-state index is 0.224. The average molecular weight is 495 g/mol. The Morgan fingerprint density at radius 1 is 1.31 bits per heavy atom. The van der Waals surface area contributed by atoms with E-state index in [0.29, 0.717) is 30.9 Å². The second-order valence-corrected chi connectivity index (χ2v) is 10.8. The van der Waals surface area contributed by atoms with Gasteiger partial charge in [-0.2, -0.15) is 0 Å². The second kappa shape index (κ2) is 10.5. The summed E-state index contributed by atoms with van der Waals surface area (Å²) in [7, 11) is 0. The number of hydrogen-bond acceptors (Lipinski definition) is 5. The van der Waals surface area contributed by atoms with E-state index in [0.717, 1.165) is 47.8 Å². The summed E-state index contributed by atoms with van der Waals surface area (Å²) in [6, 6.07) is 5.89. The highest BCUT2D eigenvalue weighted by molar-refractivity contribution is 5.95. The quantitative estimate of drug-likeness (QED) is 0.310. The highest BCUT2D eigenvalue weighted by Gasteiger charge is 2.51. The van der Waals surface area contributed by atoms with Gasteiger partial charge in [0.05, 0.1) is 6.54 Å². The molecule has 3 aliphatic rings. The summed E-state index contributed by atoms with van der Waals surface area (Å²) in [5, 5.41) is 15.9. The summed E-state index contributed by atoms with van der Waals surface area (Å²) < 4.78 is 0. The number of nitrogens with zero attached hydrogens (tertiary/aromatic N) is 1. The minimum atomic E-state index is -0.602. The van der Waals surface area contributed by atoms with Crippen LogP contribution in [0.25, 0.3) is 0 Å². The number of carbonyl (C=O) groups is 3. The lowest BCUT2D eigenvalue weighted by Gasteiger charge is -2.55. The number of nitrogens with one attached hydrogen (secondary N) is 2. The number of primary amides is 1. The van der Waals surface area contributed by atoms with Gasteiger partial charge in [-0.25, -0.2) is 0 Å². The lowest BCUT2D eigenvalue weighted by Crippen LogP contribution is -2.57. The van der Waals surface area contributed by atoms with Gasteiger partial charge in [0.15, 0.2) is 0 Å². The summed E-state index contributed by atoms with van der Waals surface area (Å²) in [4.78, 5) is 37.9. The van der Waals surface area contributed by atoms with E-state index in [1.807, 2.05) is 18.2 Å². The third-order valence-corrected chi connectivity index (χ3v) is 8.39.